The molecule has 186 valence electrons. The first-order chi connectivity index (χ1) is 16.8. The average molecular weight is 498 g/mol. The van der Waals surface area contributed by atoms with Gasteiger partial charge < -0.3 is 19.0 Å². The second-order valence-corrected chi connectivity index (χ2v) is 9.84. The number of carboxylic acid groups (broad SMARTS) is 1. The Kier molecular flexibility index (Phi) is 8.01. The van der Waals surface area contributed by atoms with Gasteiger partial charge in [-0.3, -0.25) is 0 Å². The highest BCUT2D eigenvalue weighted by molar-refractivity contribution is 6.30. The molecular formula is C28H32ClNO5. The molecule has 1 atom stereocenters. The number of oxazole rings is 1. The van der Waals surface area contributed by atoms with Crippen LogP contribution in [0, 0.1) is 6.92 Å². The summed E-state index contributed by atoms with van der Waals surface area (Å²) in [5.41, 5.74) is 0.347. The second kappa shape index (κ2) is 11.2. The molecule has 0 bridgehead atoms. The molecule has 0 spiro atoms. The van der Waals surface area contributed by atoms with E-state index in [0.29, 0.717) is 29.7 Å². The van der Waals surface area contributed by atoms with E-state index in [9.17, 15) is 9.90 Å². The number of ether oxygens (including phenoxy) is 2. The fourth-order valence-corrected chi connectivity index (χ4v) is 4.69. The van der Waals surface area contributed by atoms with Gasteiger partial charge in [0.25, 0.3) is 0 Å². The Morgan fingerprint density at radius 3 is 2.57 bits per heavy atom. The Balaban J connectivity index is 1.32. The number of aromatic nitrogens is 1. The highest BCUT2D eigenvalue weighted by atomic mass is 35.5. The van der Waals surface area contributed by atoms with E-state index >= 15 is 0 Å². The topological polar surface area (TPSA) is 81.8 Å². The van der Waals surface area contributed by atoms with E-state index in [2.05, 4.69) is 0 Å². The summed E-state index contributed by atoms with van der Waals surface area (Å²) < 4.78 is 17.7. The van der Waals surface area contributed by atoms with Gasteiger partial charge in [-0.2, -0.15) is 0 Å². The lowest BCUT2D eigenvalue weighted by atomic mass is 9.89. The minimum absolute atomic E-state index is 0.192. The van der Waals surface area contributed by atoms with Gasteiger partial charge in [0.05, 0.1) is 12.3 Å². The second-order valence-electron chi connectivity index (χ2n) is 9.40. The molecule has 1 unspecified atom stereocenters. The molecule has 4 rings (SSSR count). The Morgan fingerprint density at radius 2 is 1.89 bits per heavy atom. The zero-order valence-corrected chi connectivity index (χ0v) is 21.0. The number of hydrogen-bond donors (Lipinski definition) is 1. The minimum atomic E-state index is -1.44. The molecule has 7 heteroatoms. The largest absolute Gasteiger partial charge is 0.493 e. The normalized spacial score (nSPS) is 16.0. The summed E-state index contributed by atoms with van der Waals surface area (Å²) in [6.45, 7) is 4.01. The molecule has 0 radical (unpaired) electrons. The van der Waals surface area contributed by atoms with Crippen LogP contribution in [-0.2, 0) is 17.6 Å². The number of benzene rings is 2. The first-order valence-electron chi connectivity index (χ1n) is 12.2. The monoisotopic (exact) mass is 497 g/mol. The van der Waals surface area contributed by atoms with E-state index in [1.807, 2.05) is 31.2 Å². The zero-order chi connectivity index (χ0) is 24.8. The molecule has 2 aromatic carbocycles. The van der Waals surface area contributed by atoms with Crippen LogP contribution in [0.15, 0.2) is 52.9 Å². The van der Waals surface area contributed by atoms with Crippen LogP contribution in [0.2, 0.25) is 5.02 Å². The van der Waals surface area contributed by atoms with E-state index in [1.165, 1.54) is 19.3 Å². The summed E-state index contributed by atoms with van der Waals surface area (Å²) in [6.07, 6.45) is 6.99. The number of halogens is 1. The summed E-state index contributed by atoms with van der Waals surface area (Å²) in [4.78, 5) is 16.7. The van der Waals surface area contributed by atoms with Crippen molar-refractivity contribution < 1.29 is 23.8 Å². The molecule has 1 N–H and O–H groups in total. The van der Waals surface area contributed by atoms with E-state index in [4.69, 9.17) is 30.5 Å². The lowest BCUT2D eigenvalue weighted by Gasteiger charge is -2.26. The summed E-state index contributed by atoms with van der Waals surface area (Å²) >= 11 is 6.01. The molecular weight excluding hydrogens is 466 g/mol. The average Bonchev–Trinajstić information content (AvgIpc) is 3.21. The number of aliphatic carboxylic acids is 1. The Morgan fingerprint density at radius 1 is 1.14 bits per heavy atom. The highest BCUT2D eigenvalue weighted by Crippen LogP contribution is 2.33. The van der Waals surface area contributed by atoms with Crippen molar-refractivity contribution in [3.63, 3.8) is 0 Å². The molecule has 1 heterocycles. The van der Waals surface area contributed by atoms with Gasteiger partial charge in [-0.05, 0) is 62.6 Å². The third-order valence-electron chi connectivity index (χ3n) is 6.53. The van der Waals surface area contributed by atoms with Crippen LogP contribution in [0.5, 0.6) is 11.5 Å². The first-order valence-corrected chi connectivity index (χ1v) is 12.6. The number of nitrogens with zero attached hydrogens (tertiary/aromatic N) is 1. The van der Waals surface area contributed by atoms with Crippen LogP contribution in [0.3, 0.4) is 0 Å². The Labute approximate surface area is 211 Å². The van der Waals surface area contributed by atoms with Gasteiger partial charge >= 0.3 is 5.97 Å². The van der Waals surface area contributed by atoms with Gasteiger partial charge in [-0.1, -0.05) is 49.1 Å². The van der Waals surface area contributed by atoms with Gasteiger partial charge in [0.1, 0.15) is 17.3 Å². The Bertz CT molecular complexity index is 1140. The van der Waals surface area contributed by atoms with Crippen molar-refractivity contribution in [3.8, 4) is 11.5 Å². The summed E-state index contributed by atoms with van der Waals surface area (Å²) in [6, 6.07) is 14.2. The van der Waals surface area contributed by atoms with Crippen molar-refractivity contribution >= 4 is 17.6 Å². The van der Waals surface area contributed by atoms with Gasteiger partial charge in [0.2, 0.25) is 5.60 Å². The molecule has 1 fully saturated rings. The van der Waals surface area contributed by atoms with E-state index in [0.717, 1.165) is 41.5 Å². The third kappa shape index (κ3) is 6.57. The molecule has 0 saturated heterocycles. The van der Waals surface area contributed by atoms with E-state index in [-0.39, 0.29) is 6.42 Å². The van der Waals surface area contributed by atoms with Gasteiger partial charge in [0.15, 0.2) is 5.89 Å². The van der Waals surface area contributed by atoms with Crippen molar-refractivity contribution in [3.05, 3.63) is 76.5 Å². The highest BCUT2D eigenvalue weighted by Gasteiger charge is 2.36. The lowest BCUT2D eigenvalue weighted by molar-refractivity contribution is -0.153. The van der Waals surface area contributed by atoms with Crippen molar-refractivity contribution in [2.75, 3.05) is 6.61 Å². The number of hydrogen-bond acceptors (Lipinski definition) is 5. The van der Waals surface area contributed by atoms with Crippen LogP contribution in [0.1, 0.15) is 67.9 Å². The molecule has 6 nitrogen and oxygen atoms in total. The molecule has 0 amide bonds. The quantitative estimate of drug-likeness (QED) is 0.333. The van der Waals surface area contributed by atoms with Gasteiger partial charge in [-0.25, -0.2) is 9.78 Å². The van der Waals surface area contributed by atoms with Crippen LogP contribution in [0.25, 0.3) is 0 Å². The van der Waals surface area contributed by atoms with Crippen molar-refractivity contribution in [1.29, 1.82) is 0 Å². The number of carboxylic acids is 1. The molecule has 1 aliphatic rings. The molecule has 1 aliphatic carbocycles. The first kappa shape index (κ1) is 25.1. The SMILES string of the molecule is Cc1oc(C2CCCCC2)nc1CCOc1ccc(CC(C)(Oc2cccc(Cl)c2)C(=O)O)cc1. The zero-order valence-electron chi connectivity index (χ0n) is 20.3. The van der Waals surface area contributed by atoms with Crippen LogP contribution in [0.4, 0.5) is 0 Å². The molecule has 0 aliphatic heterocycles. The van der Waals surface area contributed by atoms with E-state index < -0.39 is 11.6 Å². The van der Waals surface area contributed by atoms with Gasteiger partial charge in [0, 0.05) is 23.8 Å². The fourth-order valence-electron chi connectivity index (χ4n) is 4.51. The maximum absolute atomic E-state index is 12.0. The summed E-state index contributed by atoms with van der Waals surface area (Å²) in [5.74, 6) is 2.28. The van der Waals surface area contributed by atoms with Crippen molar-refractivity contribution in [2.24, 2.45) is 0 Å². The number of carbonyl (C=O) groups is 1. The van der Waals surface area contributed by atoms with Crippen LogP contribution in [-0.4, -0.2) is 28.3 Å². The smallest absolute Gasteiger partial charge is 0.348 e. The minimum Gasteiger partial charge on any atom is -0.493 e. The number of rotatable bonds is 10. The molecule has 1 saturated carbocycles. The van der Waals surface area contributed by atoms with Gasteiger partial charge in [-0.15, -0.1) is 0 Å². The summed E-state index contributed by atoms with van der Waals surface area (Å²) in [7, 11) is 0. The summed E-state index contributed by atoms with van der Waals surface area (Å²) in [5, 5.41) is 10.3. The predicted molar refractivity (Wildman–Crippen MR) is 135 cm³/mol. The van der Waals surface area contributed by atoms with Crippen molar-refractivity contribution in [2.45, 2.75) is 70.3 Å². The number of aryl methyl sites for hydroxylation is 1. The lowest BCUT2D eigenvalue weighted by Crippen LogP contribution is -2.43. The van der Waals surface area contributed by atoms with Crippen LogP contribution >= 0.6 is 11.6 Å². The van der Waals surface area contributed by atoms with Crippen molar-refractivity contribution in [1.82, 2.24) is 4.98 Å². The molecule has 3 aromatic rings. The standard InChI is InChI=1S/C28H32ClNO5/c1-19-25(30-26(34-19)21-7-4-3-5-8-21)15-16-33-23-13-11-20(12-14-23)18-28(2,27(31)32)35-24-10-6-9-22(29)17-24/h6,9-14,17,21H,3-5,7-8,15-16,18H2,1-2H3,(H,31,32). The van der Waals surface area contributed by atoms with Crippen LogP contribution < -0.4 is 9.47 Å². The fraction of sp³-hybridized carbons (Fsp3) is 0.429. The predicted octanol–water partition coefficient (Wildman–Crippen LogP) is 6.77. The van der Waals surface area contributed by atoms with E-state index in [1.54, 1.807) is 31.2 Å². The molecule has 35 heavy (non-hydrogen) atoms. The maximum Gasteiger partial charge on any atom is 0.348 e. The third-order valence-corrected chi connectivity index (χ3v) is 6.76. The molecule has 1 aromatic heterocycles. The Hall–Kier alpha value is -2.99. The maximum atomic E-state index is 12.0.